The number of carboxylic acids is 1. The highest BCUT2D eigenvalue weighted by Crippen LogP contribution is 2.36. The molecule has 154 valence electrons. The molecule has 8 heteroatoms. The third-order valence-electron chi connectivity index (χ3n) is 5.32. The van der Waals surface area contributed by atoms with Crippen molar-refractivity contribution in [3.05, 3.63) is 65.7 Å². The Hall–Kier alpha value is -2.87. The van der Waals surface area contributed by atoms with Gasteiger partial charge in [0.05, 0.1) is 23.2 Å². The van der Waals surface area contributed by atoms with Crippen LogP contribution in [0.25, 0.3) is 0 Å². The van der Waals surface area contributed by atoms with E-state index < -0.39 is 29.0 Å². The number of halogens is 3. The maximum Gasteiger partial charge on any atom is 0.418 e. The number of nitrogens with zero attached hydrogens (tertiary/aromatic N) is 1. The molecule has 0 bridgehead atoms. The zero-order valence-corrected chi connectivity index (χ0v) is 15.6. The van der Waals surface area contributed by atoms with E-state index in [-0.39, 0.29) is 12.2 Å². The Morgan fingerprint density at radius 2 is 1.59 bits per heavy atom. The molecule has 1 fully saturated rings. The number of carbonyl (C=O) groups excluding carboxylic acids is 1. The van der Waals surface area contributed by atoms with Crippen molar-refractivity contribution in [3.63, 3.8) is 0 Å². The SMILES string of the molecule is O=C(CN1CCC(C(=O)O)(c2ccccc2)CC1)Nc1ccccc1C(F)(F)F. The van der Waals surface area contributed by atoms with E-state index in [2.05, 4.69) is 5.32 Å². The molecular weight excluding hydrogens is 385 g/mol. The fraction of sp³-hybridized carbons (Fsp3) is 0.333. The molecule has 0 aromatic heterocycles. The van der Waals surface area contributed by atoms with Crippen molar-refractivity contribution >= 4 is 17.6 Å². The molecule has 1 amide bonds. The fourth-order valence-electron chi connectivity index (χ4n) is 3.71. The van der Waals surface area contributed by atoms with Crippen LogP contribution in [0, 0.1) is 0 Å². The molecule has 2 aromatic carbocycles. The highest BCUT2D eigenvalue weighted by molar-refractivity contribution is 5.93. The summed E-state index contributed by atoms with van der Waals surface area (Å²) in [5, 5.41) is 12.1. The number of aliphatic carboxylic acids is 1. The number of nitrogens with one attached hydrogen (secondary N) is 1. The van der Waals surface area contributed by atoms with Gasteiger partial charge < -0.3 is 10.4 Å². The van der Waals surface area contributed by atoms with Gasteiger partial charge in [0, 0.05) is 13.1 Å². The number of para-hydroxylation sites is 1. The Bertz CT molecular complexity index is 876. The lowest BCUT2D eigenvalue weighted by Gasteiger charge is -2.39. The van der Waals surface area contributed by atoms with Gasteiger partial charge in [0.2, 0.25) is 5.91 Å². The number of benzene rings is 2. The fourth-order valence-corrected chi connectivity index (χ4v) is 3.71. The average molecular weight is 406 g/mol. The van der Waals surface area contributed by atoms with Gasteiger partial charge in [0.1, 0.15) is 0 Å². The summed E-state index contributed by atoms with van der Waals surface area (Å²) < 4.78 is 39.2. The highest BCUT2D eigenvalue weighted by atomic mass is 19.4. The van der Waals surface area contributed by atoms with Gasteiger partial charge in [0.15, 0.2) is 0 Å². The number of hydrogen-bond acceptors (Lipinski definition) is 3. The molecule has 2 N–H and O–H groups in total. The molecule has 0 saturated carbocycles. The Balaban J connectivity index is 1.64. The van der Waals surface area contributed by atoms with E-state index in [1.54, 1.807) is 29.2 Å². The van der Waals surface area contributed by atoms with Crippen LogP contribution in [0.1, 0.15) is 24.0 Å². The predicted molar refractivity (Wildman–Crippen MR) is 102 cm³/mol. The molecule has 0 atom stereocenters. The Morgan fingerprint density at radius 3 is 2.17 bits per heavy atom. The minimum atomic E-state index is -4.56. The number of likely N-dealkylation sites (tertiary alicyclic amines) is 1. The maximum atomic E-state index is 13.1. The van der Waals surface area contributed by atoms with Crippen molar-refractivity contribution in [1.82, 2.24) is 4.90 Å². The van der Waals surface area contributed by atoms with Crippen LogP contribution in [0.2, 0.25) is 0 Å². The van der Waals surface area contributed by atoms with Gasteiger partial charge in [-0.2, -0.15) is 13.2 Å². The number of alkyl halides is 3. The zero-order valence-electron chi connectivity index (χ0n) is 15.6. The van der Waals surface area contributed by atoms with Crippen LogP contribution in [0.3, 0.4) is 0 Å². The second-order valence-corrected chi connectivity index (χ2v) is 7.12. The first kappa shape index (κ1) is 20.9. The van der Waals surface area contributed by atoms with Gasteiger partial charge in [-0.25, -0.2) is 0 Å². The van der Waals surface area contributed by atoms with Crippen molar-refractivity contribution in [2.24, 2.45) is 0 Å². The van der Waals surface area contributed by atoms with Crippen LogP contribution >= 0.6 is 0 Å². The minimum absolute atomic E-state index is 0.101. The van der Waals surface area contributed by atoms with E-state index in [4.69, 9.17) is 0 Å². The largest absolute Gasteiger partial charge is 0.481 e. The maximum absolute atomic E-state index is 13.1. The molecule has 0 aliphatic carbocycles. The lowest BCUT2D eigenvalue weighted by Crippen LogP contribution is -2.49. The van der Waals surface area contributed by atoms with E-state index >= 15 is 0 Å². The van der Waals surface area contributed by atoms with E-state index in [9.17, 15) is 27.9 Å². The van der Waals surface area contributed by atoms with Gasteiger partial charge in [-0.05, 0) is 30.5 Å². The summed E-state index contributed by atoms with van der Waals surface area (Å²) in [5.41, 5.74) is -1.49. The van der Waals surface area contributed by atoms with Gasteiger partial charge in [-0.15, -0.1) is 0 Å². The molecular formula is C21H21F3N2O3. The standard InChI is InChI=1S/C21H21F3N2O3/c22-21(23,24)16-8-4-5-9-17(16)25-18(27)14-26-12-10-20(11-13-26,19(28)29)15-6-2-1-3-7-15/h1-9H,10-14H2,(H,25,27)(H,28,29). The number of amides is 1. The monoisotopic (exact) mass is 406 g/mol. The summed E-state index contributed by atoms with van der Waals surface area (Å²) >= 11 is 0. The van der Waals surface area contributed by atoms with Gasteiger partial charge in [0.25, 0.3) is 0 Å². The van der Waals surface area contributed by atoms with Crippen molar-refractivity contribution in [2.75, 3.05) is 25.0 Å². The molecule has 2 aromatic rings. The third kappa shape index (κ3) is 4.59. The van der Waals surface area contributed by atoms with Crippen molar-refractivity contribution in [3.8, 4) is 0 Å². The van der Waals surface area contributed by atoms with Gasteiger partial charge in [-0.1, -0.05) is 42.5 Å². The van der Waals surface area contributed by atoms with E-state index in [0.717, 1.165) is 11.6 Å². The first-order valence-electron chi connectivity index (χ1n) is 9.20. The summed E-state index contributed by atoms with van der Waals surface area (Å²) in [7, 11) is 0. The molecule has 29 heavy (non-hydrogen) atoms. The van der Waals surface area contributed by atoms with Crippen LogP contribution in [0.4, 0.5) is 18.9 Å². The summed E-state index contributed by atoms with van der Waals surface area (Å²) in [4.78, 5) is 26.0. The van der Waals surface area contributed by atoms with Crippen LogP contribution in [-0.4, -0.2) is 41.5 Å². The van der Waals surface area contributed by atoms with Crippen molar-refractivity contribution < 1.29 is 27.9 Å². The van der Waals surface area contributed by atoms with Crippen LogP contribution in [-0.2, 0) is 21.2 Å². The Morgan fingerprint density at radius 1 is 1.00 bits per heavy atom. The highest BCUT2D eigenvalue weighted by Gasteiger charge is 2.43. The number of carbonyl (C=O) groups is 2. The topological polar surface area (TPSA) is 69.6 Å². The van der Waals surface area contributed by atoms with E-state index in [0.29, 0.717) is 25.9 Å². The predicted octanol–water partition coefficient (Wildman–Crippen LogP) is 3.76. The van der Waals surface area contributed by atoms with Crippen molar-refractivity contribution in [2.45, 2.75) is 24.4 Å². The lowest BCUT2D eigenvalue weighted by atomic mass is 9.73. The van der Waals surface area contributed by atoms with Gasteiger partial charge >= 0.3 is 12.1 Å². The molecule has 1 aliphatic rings. The number of piperidine rings is 1. The molecule has 5 nitrogen and oxygen atoms in total. The number of rotatable bonds is 5. The number of hydrogen-bond donors (Lipinski definition) is 2. The molecule has 1 aliphatic heterocycles. The second-order valence-electron chi connectivity index (χ2n) is 7.12. The second kappa shape index (κ2) is 8.24. The Labute approximate surface area is 166 Å². The van der Waals surface area contributed by atoms with E-state index in [1.165, 1.54) is 18.2 Å². The zero-order chi connectivity index (χ0) is 21.1. The summed E-state index contributed by atoms with van der Waals surface area (Å²) in [6.07, 6.45) is -3.93. The number of anilines is 1. The van der Waals surface area contributed by atoms with E-state index in [1.807, 2.05) is 6.07 Å². The third-order valence-corrected chi connectivity index (χ3v) is 5.32. The summed E-state index contributed by atoms with van der Waals surface area (Å²) in [5.74, 6) is -1.48. The first-order chi connectivity index (χ1) is 13.7. The molecule has 1 saturated heterocycles. The quantitative estimate of drug-likeness (QED) is 0.793. The molecule has 1 heterocycles. The van der Waals surface area contributed by atoms with Crippen LogP contribution < -0.4 is 5.32 Å². The summed E-state index contributed by atoms with van der Waals surface area (Å²) in [6, 6.07) is 13.8. The first-order valence-corrected chi connectivity index (χ1v) is 9.20. The lowest BCUT2D eigenvalue weighted by molar-refractivity contribution is -0.146. The molecule has 0 spiro atoms. The molecule has 0 radical (unpaired) electrons. The molecule has 0 unspecified atom stereocenters. The molecule has 3 rings (SSSR count). The van der Waals surface area contributed by atoms with Gasteiger partial charge in [-0.3, -0.25) is 14.5 Å². The minimum Gasteiger partial charge on any atom is -0.481 e. The smallest absolute Gasteiger partial charge is 0.418 e. The average Bonchev–Trinajstić information content (AvgIpc) is 2.68. The summed E-state index contributed by atoms with van der Waals surface area (Å²) in [6.45, 7) is 0.613. The van der Waals surface area contributed by atoms with Crippen LogP contribution in [0.5, 0.6) is 0 Å². The Kier molecular flexibility index (Phi) is 5.93. The number of carboxylic acid groups (broad SMARTS) is 1. The van der Waals surface area contributed by atoms with Crippen LogP contribution in [0.15, 0.2) is 54.6 Å². The van der Waals surface area contributed by atoms with Crippen molar-refractivity contribution in [1.29, 1.82) is 0 Å². The normalized spacial score (nSPS) is 16.9.